The number of hydrogen-bond acceptors (Lipinski definition) is 0. The molecule has 0 aromatic heterocycles. The third-order valence-corrected chi connectivity index (χ3v) is 1.87. The molecule has 0 aliphatic heterocycles. The van der Waals surface area contributed by atoms with E-state index in [4.69, 9.17) is 11.6 Å². The Kier molecular flexibility index (Phi) is 3.43. The van der Waals surface area contributed by atoms with Crippen LogP contribution in [0, 0.1) is 0 Å². The van der Waals surface area contributed by atoms with Crippen LogP contribution in [0.25, 0.3) is 6.08 Å². The van der Waals surface area contributed by atoms with Crippen LogP contribution in [0.15, 0.2) is 24.3 Å². The summed E-state index contributed by atoms with van der Waals surface area (Å²) in [6, 6.07) is 4.35. The van der Waals surface area contributed by atoms with E-state index < -0.39 is 6.43 Å². The van der Waals surface area contributed by atoms with E-state index in [2.05, 4.69) is 0 Å². The van der Waals surface area contributed by atoms with Gasteiger partial charge in [0.2, 0.25) is 0 Å². The minimum absolute atomic E-state index is 0.0162. The van der Waals surface area contributed by atoms with Crippen LogP contribution in [-0.4, -0.2) is 0 Å². The molecule has 0 spiro atoms. The second kappa shape index (κ2) is 4.38. The molecule has 0 nitrogen and oxygen atoms in total. The van der Waals surface area contributed by atoms with Gasteiger partial charge in [-0.1, -0.05) is 29.8 Å². The van der Waals surface area contributed by atoms with Gasteiger partial charge in [0.25, 0.3) is 6.43 Å². The van der Waals surface area contributed by atoms with Crippen LogP contribution in [-0.2, 0) is 0 Å². The molecule has 0 N–H and O–H groups in total. The van der Waals surface area contributed by atoms with E-state index in [1.165, 1.54) is 18.2 Å². The van der Waals surface area contributed by atoms with Crippen LogP contribution in [0.1, 0.15) is 24.5 Å². The van der Waals surface area contributed by atoms with Gasteiger partial charge in [0, 0.05) is 10.6 Å². The second-order valence-electron chi connectivity index (χ2n) is 2.57. The first kappa shape index (κ1) is 10.2. The average Bonchev–Trinajstić information content (AvgIpc) is 2.04. The second-order valence-corrected chi connectivity index (χ2v) is 3.01. The highest BCUT2D eigenvalue weighted by atomic mass is 35.5. The summed E-state index contributed by atoms with van der Waals surface area (Å²) in [6.45, 7) is 1.77. The molecule has 0 saturated heterocycles. The average molecular weight is 203 g/mol. The predicted molar refractivity (Wildman–Crippen MR) is 51.1 cm³/mol. The molecule has 1 rings (SSSR count). The summed E-state index contributed by atoms with van der Waals surface area (Å²) in [5, 5.41) is 0.470. The molecule has 0 saturated carbocycles. The summed E-state index contributed by atoms with van der Waals surface area (Å²) in [6.07, 6.45) is 0.869. The van der Waals surface area contributed by atoms with E-state index in [9.17, 15) is 8.78 Å². The summed E-state index contributed by atoms with van der Waals surface area (Å²) in [5.41, 5.74) is 0.493. The molecule has 0 atom stereocenters. The Bertz CT molecular complexity index is 319. The molecule has 0 fully saturated rings. The molecule has 0 heterocycles. The Morgan fingerprint density at radius 1 is 1.38 bits per heavy atom. The normalized spacial score (nSPS) is 11.5. The molecule has 0 radical (unpaired) electrons. The summed E-state index contributed by atoms with van der Waals surface area (Å²) in [7, 11) is 0. The van der Waals surface area contributed by atoms with Gasteiger partial charge in [0.15, 0.2) is 0 Å². The van der Waals surface area contributed by atoms with Gasteiger partial charge in [-0.25, -0.2) is 8.78 Å². The van der Waals surface area contributed by atoms with Gasteiger partial charge >= 0.3 is 0 Å². The third-order valence-electron chi connectivity index (χ3n) is 1.63. The number of hydrogen-bond donors (Lipinski definition) is 0. The zero-order chi connectivity index (χ0) is 9.84. The van der Waals surface area contributed by atoms with Crippen LogP contribution in [0.5, 0.6) is 0 Å². The van der Waals surface area contributed by atoms with E-state index in [-0.39, 0.29) is 5.56 Å². The Morgan fingerprint density at radius 3 is 2.62 bits per heavy atom. The molecule has 0 bridgehead atoms. The summed E-state index contributed by atoms with van der Waals surface area (Å²) >= 11 is 5.68. The molecule has 1 aromatic carbocycles. The Labute approximate surface area is 80.8 Å². The summed E-state index contributed by atoms with van der Waals surface area (Å²) in [4.78, 5) is 0. The molecule has 0 aliphatic carbocycles. The molecular weight excluding hydrogens is 194 g/mol. The fraction of sp³-hybridized carbons (Fsp3) is 0.200. The summed E-state index contributed by atoms with van der Waals surface area (Å²) in [5.74, 6) is 0. The Balaban J connectivity index is 3.18. The van der Waals surface area contributed by atoms with Crippen LogP contribution < -0.4 is 0 Å². The van der Waals surface area contributed by atoms with E-state index in [1.807, 2.05) is 0 Å². The van der Waals surface area contributed by atoms with E-state index in [0.29, 0.717) is 10.6 Å². The van der Waals surface area contributed by atoms with Gasteiger partial charge in [-0.15, -0.1) is 0 Å². The van der Waals surface area contributed by atoms with Crippen LogP contribution in [0.3, 0.4) is 0 Å². The molecule has 0 aliphatic rings. The molecule has 70 valence electrons. The van der Waals surface area contributed by atoms with E-state index in [1.54, 1.807) is 19.1 Å². The monoisotopic (exact) mass is 202 g/mol. The van der Waals surface area contributed by atoms with Crippen molar-refractivity contribution in [2.75, 3.05) is 0 Å². The zero-order valence-electron chi connectivity index (χ0n) is 7.10. The molecule has 1 aromatic rings. The first-order chi connectivity index (χ1) is 6.15. The molecule has 0 amide bonds. The van der Waals surface area contributed by atoms with Gasteiger partial charge in [-0.05, 0) is 24.6 Å². The fourth-order valence-corrected chi connectivity index (χ4v) is 1.25. The van der Waals surface area contributed by atoms with E-state index in [0.717, 1.165) is 0 Å². The van der Waals surface area contributed by atoms with Crippen LogP contribution in [0.4, 0.5) is 8.78 Å². The van der Waals surface area contributed by atoms with Crippen molar-refractivity contribution in [2.45, 2.75) is 13.3 Å². The highest BCUT2D eigenvalue weighted by molar-refractivity contribution is 6.30. The van der Waals surface area contributed by atoms with Crippen molar-refractivity contribution in [3.63, 3.8) is 0 Å². The highest BCUT2D eigenvalue weighted by Crippen LogP contribution is 2.26. The first-order valence-electron chi connectivity index (χ1n) is 3.85. The van der Waals surface area contributed by atoms with Gasteiger partial charge in [0.05, 0.1) is 0 Å². The van der Waals surface area contributed by atoms with Crippen molar-refractivity contribution in [3.8, 4) is 0 Å². The smallest absolute Gasteiger partial charge is 0.205 e. The molecule has 3 heteroatoms. The summed E-state index contributed by atoms with van der Waals surface area (Å²) < 4.78 is 24.8. The van der Waals surface area contributed by atoms with Crippen molar-refractivity contribution in [1.29, 1.82) is 0 Å². The lowest BCUT2D eigenvalue weighted by Gasteiger charge is -2.04. The molecular formula is C10H9ClF2. The quantitative estimate of drug-likeness (QED) is 0.670. The maximum atomic E-state index is 12.4. The Hall–Kier alpha value is -0.890. The van der Waals surface area contributed by atoms with Crippen molar-refractivity contribution in [3.05, 3.63) is 40.4 Å². The van der Waals surface area contributed by atoms with Gasteiger partial charge in [-0.2, -0.15) is 0 Å². The molecule has 13 heavy (non-hydrogen) atoms. The fourth-order valence-electron chi connectivity index (χ4n) is 1.07. The minimum Gasteiger partial charge on any atom is -0.205 e. The lowest BCUT2D eigenvalue weighted by molar-refractivity contribution is 0.151. The first-order valence-corrected chi connectivity index (χ1v) is 4.23. The lowest BCUT2D eigenvalue weighted by Crippen LogP contribution is -1.88. The Morgan fingerprint density at radius 2 is 2.08 bits per heavy atom. The number of halogens is 3. The standard InChI is InChI=1S/C10H9ClF2/c1-2-3-7-6-8(11)4-5-9(7)10(12)13/h2-6,10H,1H3/b3-2+. The van der Waals surface area contributed by atoms with Crippen LogP contribution in [0.2, 0.25) is 5.02 Å². The van der Waals surface area contributed by atoms with Crippen molar-refractivity contribution >= 4 is 17.7 Å². The van der Waals surface area contributed by atoms with Gasteiger partial charge < -0.3 is 0 Å². The number of benzene rings is 1. The maximum Gasteiger partial charge on any atom is 0.264 e. The predicted octanol–water partition coefficient (Wildman–Crippen LogP) is 4.31. The number of alkyl halides is 2. The van der Waals surface area contributed by atoms with Crippen molar-refractivity contribution in [1.82, 2.24) is 0 Å². The van der Waals surface area contributed by atoms with Gasteiger partial charge in [0.1, 0.15) is 0 Å². The maximum absolute atomic E-state index is 12.4. The number of allylic oxidation sites excluding steroid dienone is 1. The van der Waals surface area contributed by atoms with E-state index >= 15 is 0 Å². The number of rotatable bonds is 2. The largest absolute Gasteiger partial charge is 0.264 e. The SMILES string of the molecule is C/C=C/c1cc(Cl)ccc1C(F)F. The minimum atomic E-state index is -2.46. The van der Waals surface area contributed by atoms with Crippen molar-refractivity contribution in [2.24, 2.45) is 0 Å². The lowest BCUT2D eigenvalue weighted by atomic mass is 10.1. The zero-order valence-corrected chi connectivity index (χ0v) is 7.85. The third kappa shape index (κ3) is 2.52. The van der Waals surface area contributed by atoms with Gasteiger partial charge in [-0.3, -0.25) is 0 Å². The van der Waals surface area contributed by atoms with Crippen molar-refractivity contribution < 1.29 is 8.78 Å². The highest BCUT2D eigenvalue weighted by Gasteiger charge is 2.10. The van der Waals surface area contributed by atoms with Crippen LogP contribution >= 0.6 is 11.6 Å². The topological polar surface area (TPSA) is 0 Å². The molecule has 0 unspecified atom stereocenters.